The molecule has 6 atom stereocenters. The highest BCUT2D eigenvalue weighted by Gasteiger charge is 2.61. The topological polar surface area (TPSA) is 177 Å². The van der Waals surface area contributed by atoms with Crippen LogP contribution in [0.2, 0.25) is 0 Å². The molecule has 0 spiro atoms. The van der Waals surface area contributed by atoms with Gasteiger partial charge in [-0.2, -0.15) is 0 Å². The Kier molecular flexibility index (Phi) is 10.0. The van der Waals surface area contributed by atoms with Crippen LogP contribution in [0.1, 0.15) is 75.2 Å². The minimum absolute atomic E-state index is 0.00855. The van der Waals surface area contributed by atoms with Crippen LogP contribution in [0, 0.1) is 34.5 Å². The summed E-state index contributed by atoms with van der Waals surface area (Å²) in [5.41, 5.74) is 4.39. The van der Waals surface area contributed by atoms with Crippen molar-refractivity contribution in [3.8, 4) is 0 Å². The van der Waals surface area contributed by atoms with Crippen LogP contribution in [0.25, 0.3) is 0 Å². The molecule has 3 rings (SSSR count). The van der Waals surface area contributed by atoms with E-state index >= 15 is 0 Å². The molecule has 0 bridgehead atoms. The van der Waals surface area contributed by atoms with Crippen molar-refractivity contribution in [3.05, 3.63) is 12.2 Å². The van der Waals surface area contributed by atoms with Gasteiger partial charge in [-0.25, -0.2) is 9.59 Å². The van der Waals surface area contributed by atoms with Gasteiger partial charge in [0.05, 0.1) is 12.1 Å². The van der Waals surface area contributed by atoms with Crippen LogP contribution in [-0.4, -0.2) is 77.2 Å². The summed E-state index contributed by atoms with van der Waals surface area (Å²) in [7, 11) is 0. The van der Waals surface area contributed by atoms with Crippen molar-refractivity contribution in [1.29, 1.82) is 0 Å². The number of fused-ring (bicyclic) bond motifs is 1. The average Bonchev–Trinajstić information content (AvgIpc) is 3.62. The maximum absolute atomic E-state index is 14.2. The summed E-state index contributed by atoms with van der Waals surface area (Å²) in [4.78, 5) is 79.6. The number of amides is 5. The molecule has 0 radical (unpaired) electrons. The van der Waals surface area contributed by atoms with Crippen molar-refractivity contribution < 1.29 is 33.5 Å². The molecule has 0 aromatic carbocycles. The highest BCUT2D eigenvalue weighted by Crippen LogP contribution is 2.57. The van der Waals surface area contributed by atoms with Gasteiger partial charge in [-0.05, 0) is 61.2 Å². The van der Waals surface area contributed by atoms with Gasteiger partial charge < -0.3 is 31.3 Å². The van der Waals surface area contributed by atoms with E-state index in [2.05, 4.69) is 29.8 Å². The molecule has 0 aromatic heterocycles. The molecule has 5 amide bonds. The second-order valence-corrected chi connectivity index (χ2v) is 14.6. The van der Waals surface area contributed by atoms with Crippen molar-refractivity contribution in [2.75, 3.05) is 6.54 Å². The fraction of sp³-hybridized carbons (Fsp3) is 0.742. The van der Waals surface area contributed by atoms with E-state index in [0.29, 0.717) is 13.0 Å². The molecule has 1 heterocycles. The van der Waals surface area contributed by atoms with Crippen molar-refractivity contribution in [3.63, 3.8) is 0 Å². The van der Waals surface area contributed by atoms with Gasteiger partial charge >= 0.3 is 12.0 Å². The minimum atomic E-state index is -1.13. The lowest BCUT2D eigenvalue weighted by Gasteiger charge is -2.48. The third-order valence-electron chi connectivity index (χ3n) is 8.76. The zero-order valence-corrected chi connectivity index (χ0v) is 26.9. The molecule has 1 saturated carbocycles. The number of nitrogens with zero attached hydrogens (tertiary/aromatic N) is 1. The van der Waals surface area contributed by atoms with Crippen LogP contribution in [0.5, 0.6) is 0 Å². The minimum Gasteiger partial charge on any atom is -0.461 e. The van der Waals surface area contributed by atoms with Crippen LogP contribution in [-0.2, 0) is 28.7 Å². The number of ether oxygens (including phenoxy) is 1. The van der Waals surface area contributed by atoms with Gasteiger partial charge in [0.1, 0.15) is 18.1 Å². The Hall–Kier alpha value is -3.44. The highest BCUT2D eigenvalue weighted by atomic mass is 16.5. The number of allylic oxidation sites excluding steroid dienone is 2. The van der Waals surface area contributed by atoms with E-state index in [1.165, 1.54) is 4.90 Å². The van der Waals surface area contributed by atoms with E-state index in [9.17, 15) is 28.8 Å². The predicted octanol–water partition coefficient (Wildman–Crippen LogP) is 1.66. The molecular weight excluding hydrogens is 554 g/mol. The molecular formula is C31H49N5O7. The molecule has 1 saturated heterocycles. The number of carbonyl (C=O) groups is 6. The molecule has 5 N–H and O–H groups in total. The molecule has 43 heavy (non-hydrogen) atoms. The van der Waals surface area contributed by atoms with E-state index in [-0.39, 0.29) is 41.6 Å². The average molecular weight is 604 g/mol. The van der Waals surface area contributed by atoms with Crippen molar-refractivity contribution >= 4 is 35.5 Å². The van der Waals surface area contributed by atoms with E-state index in [1.807, 2.05) is 12.2 Å². The summed E-state index contributed by atoms with van der Waals surface area (Å²) in [6, 6.07) is -4.67. The summed E-state index contributed by atoms with van der Waals surface area (Å²) < 4.78 is 5.30. The molecule has 2 fully saturated rings. The molecule has 12 nitrogen and oxygen atoms in total. The first kappa shape index (κ1) is 34.1. The number of rotatable bonds is 12. The zero-order valence-electron chi connectivity index (χ0n) is 26.9. The molecule has 1 unspecified atom stereocenters. The molecule has 1 aliphatic heterocycles. The quantitative estimate of drug-likeness (QED) is 0.149. The Morgan fingerprint density at radius 1 is 1.00 bits per heavy atom. The van der Waals surface area contributed by atoms with Gasteiger partial charge in [0.2, 0.25) is 17.6 Å². The third kappa shape index (κ3) is 7.94. The Bertz CT molecular complexity index is 1170. The number of hydrogen-bond acceptors (Lipinski definition) is 7. The lowest BCUT2D eigenvalue weighted by Crippen LogP contribution is -2.62. The van der Waals surface area contributed by atoms with Crippen LogP contribution in [0.4, 0.5) is 4.79 Å². The number of urea groups is 1. The Balaban J connectivity index is 1.84. The Labute approximate surface area is 254 Å². The number of hydrogen-bond donors (Lipinski definition) is 4. The summed E-state index contributed by atoms with van der Waals surface area (Å²) in [5, 5.41) is 8.14. The number of Topliss-reactive ketones (excluding diaryl/α,β-unsaturated/α-hetero) is 1. The second kappa shape index (κ2) is 12.7. The lowest BCUT2D eigenvalue weighted by atomic mass is 9.55. The summed E-state index contributed by atoms with van der Waals surface area (Å²) in [5.74, 6) is -3.95. The van der Waals surface area contributed by atoms with Crippen LogP contribution < -0.4 is 21.7 Å². The predicted molar refractivity (Wildman–Crippen MR) is 159 cm³/mol. The number of esters is 1. The lowest BCUT2D eigenvalue weighted by molar-refractivity contribution is -0.150. The Morgan fingerprint density at radius 3 is 2.07 bits per heavy atom. The number of nitrogens with one attached hydrogen (secondary N) is 3. The van der Waals surface area contributed by atoms with Gasteiger partial charge in [0, 0.05) is 6.54 Å². The summed E-state index contributed by atoms with van der Waals surface area (Å²) in [6.45, 7) is 16.9. The first-order chi connectivity index (χ1) is 19.7. The van der Waals surface area contributed by atoms with Gasteiger partial charge in [-0.1, -0.05) is 60.6 Å². The maximum Gasteiger partial charge on any atom is 0.329 e. The number of ketones is 1. The van der Waals surface area contributed by atoms with Crippen LogP contribution >= 0.6 is 0 Å². The highest BCUT2D eigenvalue weighted by molar-refractivity contribution is 6.37. The van der Waals surface area contributed by atoms with Crippen LogP contribution in [0.3, 0.4) is 0 Å². The largest absolute Gasteiger partial charge is 0.461 e. The third-order valence-corrected chi connectivity index (χ3v) is 8.76. The van der Waals surface area contributed by atoms with Crippen molar-refractivity contribution in [2.24, 2.45) is 40.2 Å². The van der Waals surface area contributed by atoms with E-state index < -0.39 is 65.1 Å². The Morgan fingerprint density at radius 2 is 1.60 bits per heavy atom. The number of primary amides is 1. The second-order valence-electron chi connectivity index (χ2n) is 14.6. The molecule has 12 heteroatoms. The van der Waals surface area contributed by atoms with E-state index in [0.717, 1.165) is 0 Å². The first-order valence-corrected chi connectivity index (χ1v) is 15.1. The van der Waals surface area contributed by atoms with Crippen molar-refractivity contribution in [2.45, 2.75) is 105 Å². The smallest absolute Gasteiger partial charge is 0.329 e. The number of likely N-dealkylation sites (tertiary alicyclic amines) is 1. The molecule has 3 aliphatic rings. The zero-order chi connectivity index (χ0) is 32.6. The van der Waals surface area contributed by atoms with Gasteiger partial charge in [-0.3, -0.25) is 19.2 Å². The van der Waals surface area contributed by atoms with Crippen molar-refractivity contribution in [1.82, 2.24) is 20.9 Å². The van der Waals surface area contributed by atoms with Gasteiger partial charge in [-0.15, -0.1) is 0 Å². The van der Waals surface area contributed by atoms with Crippen LogP contribution in [0.15, 0.2) is 12.2 Å². The molecule has 2 aliphatic carbocycles. The monoisotopic (exact) mass is 603 g/mol. The standard InChI is InChI=1S/C31H49N5O7/c1-15(2)21(28(41)43-16(3)4)34-29(42)35-24(30(5,6)7)27(40)36-14-19-18(13-31(19,8)9)22(36)26(39)33-20(12-17-10-11-17)23(37)25(32)38/h10-11,15-22,24H,12-14H2,1-9H3,(H2,32,38)(H,33,39)(H2,34,35,42)/t18-,19-,20?,21-,22-,24+/m0/s1. The molecule has 240 valence electrons. The summed E-state index contributed by atoms with van der Waals surface area (Å²) >= 11 is 0. The SMILES string of the molecule is CC(C)OC(=O)[C@@H](NC(=O)N[C@H](C(=O)N1C[C@H]2[C@H](CC2(C)C)[C@H]1C(=O)NC(CC1C=C1)C(=O)C(N)=O)C(C)(C)C)C(C)C. The summed E-state index contributed by atoms with van der Waals surface area (Å²) in [6.07, 6.45) is 4.27. The maximum atomic E-state index is 14.2. The number of nitrogens with two attached hydrogens (primary N) is 1. The fourth-order valence-corrected chi connectivity index (χ4v) is 6.25. The normalized spacial score (nSPS) is 24.3. The first-order valence-electron chi connectivity index (χ1n) is 15.1. The van der Waals surface area contributed by atoms with Gasteiger partial charge in [0.25, 0.3) is 5.91 Å². The fourth-order valence-electron chi connectivity index (χ4n) is 6.25. The number of carbonyl (C=O) groups excluding carboxylic acids is 6. The van der Waals surface area contributed by atoms with E-state index in [1.54, 1.807) is 48.5 Å². The van der Waals surface area contributed by atoms with E-state index in [4.69, 9.17) is 10.5 Å². The van der Waals surface area contributed by atoms with Gasteiger partial charge in [0.15, 0.2) is 0 Å². The molecule has 0 aromatic rings.